The van der Waals surface area contributed by atoms with Crippen molar-refractivity contribution < 1.29 is 13.2 Å². The van der Waals surface area contributed by atoms with Crippen LogP contribution >= 0.6 is 12.4 Å². The molecule has 1 fully saturated rings. The van der Waals surface area contributed by atoms with Crippen LogP contribution in [0.25, 0.3) is 0 Å². The van der Waals surface area contributed by atoms with Gasteiger partial charge >= 0.3 is 0 Å². The number of amides is 1. The zero-order valence-corrected chi connectivity index (χ0v) is 17.0. The van der Waals surface area contributed by atoms with E-state index in [4.69, 9.17) is 5.73 Å². The summed E-state index contributed by atoms with van der Waals surface area (Å²) >= 11 is 0. The van der Waals surface area contributed by atoms with Crippen LogP contribution in [0.5, 0.6) is 0 Å². The van der Waals surface area contributed by atoms with Gasteiger partial charge in [-0.2, -0.15) is 0 Å². The van der Waals surface area contributed by atoms with Crippen LogP contribution in [-0.4, -0.2) is 33.0 Å². The van der Waals surface area contributed by atoms with Crippen LogP contribution in [0.15, 0.2) is 29.2 Å². The Kier molecular flexibility index (Phi) is 9.03. The molecular formula is C18H30ClN3O3S. The lowest BCUT2D eigenvalue weighted by Gasteiger charge is -2.30. The summed E-state index contributed by atoms with van der Waals surface area (Å²) in [7, 11) is -3.55. The molecule has 1 amide bonds. The minimum absolute atomic E-state index is 0. The van der Waals surface area contributed by atoms with Crippen molar-refractivity contribution in [2.24, 2.45) is 11.7 Å². The van der Waals surface area contributed by atoms with E-state index in [1.807, 2.05) is 0 Å². The van der Waals surface area contributed by atoms with Gasteiger partial charge in [-0.3, -0.25) is 4.79 Å². The third-order valence-corrected chi connectivity index (χ3v) is 6.28. The Morgan fingerprint density at radius 2 is 1.73 bits per heavy atom. The lowest BCUT2D eigenvalue weighted by Crippen LogP contribution is -2.45. The number of carbonyl (C=O) groups excluding carboxylic acids is 1. The van der Waals surface area contributed by atoms with E-state index < -0.39 is 10.0 Å². The first-order valence-corrected chi connectivity index (χ1v) is 10.4. The van der Waals surface area contributed by atoms with E-state index in [0.717, 1.165) is 12.8 Å². The summed E-state index contributed by atoms with van der Waals surface area (Å²) in [6.07, 6.45) is 5.82. The summed E-state index contributed by atoms with van der Waals surface area (Å²) in [6.45, 7) is 3.94. The Balaban J connectivity index is 0.00000338. The number of benzene rings is 1. The molecule has 1 aromatic carbocycles. The smallest absolute Gasteiger partial charge is 0.251 e. The first-order chi connectivity index (χ1) is 11.8. The predicted molar refractivity (Wildman–Crippen MR) is 106 cm³/mol. The first kappa shape index (κ1) is 22.9. The number of halogens is 1. The van der Waals surface area contributed by atoms with E-state index in [1.165, 1.54) is 31.4 Å². The highest BCUT2D eigenvalue weighted by Crippen LogP contribution is 2.26. The molecule has 0 saturated heterocycles. The van der Waals surface area contributed by atoms with Crippen LogP contribution in [-0.2, 0) is 10.0 Å². The average Bonchev–Trinajstić information content (AvgIpc) is 2.59. The average molecular weight is 404 g/mol. The third-order valence-electron chi connectivity index (χ3n) is 4.61. The van der Waals surface area contributed by atoms with Crippen LogP contribution in [0, 0.1) is 5.92 Å². The van der Waals surface area contributed by atoms with Crippen LogP contribution in [0.2, 0.25) is 0 Å². The highest BCUT2D eigenvalue weighted by atomic mass is 35.5. The Bertz CT molecular complexity index is 671. The van der Waals surface area contributed by atoms with Gasteiger partial charge in [0.05, 0.1) is 4.90 Å². The van der Waals surface area contributed by atoms with Gasteiger partial charge in [-0.15, -0.1) is 12.4 Å². The standard InChI is InChI=1S/C18H29N3O3S.ClH/c1-13(2)21-25(23,24)16-10-8-15(9-11-16)18(22)20-17(12-19)14-6-4-3-5-7-14;/h8-11,13-14,17,21H,3-7,12,19H2,1-2H3,(H,20,22);1H. The van der Waals surface area contributed by atoms with Crippen LogP contribution in [0.3, 0.4) is 0 Å². The Morgan fingerprint density at radius 1 is 1.15 bits per heavy atom. The summed E-state index contributed by atoms with van der Waals surface area (Å²) in [4.78, 5) is 12.6. The minimum atomic E-state index is -3.55. The molecule has 1 aliphatic carbocycles. The molecule has 0 aliphatic heterocycles. The van der Waals surface area contributed by atoms with Crippen LogP contribution < -0.4 is 15.8 Å². The van der Waals surface area contributed by atoms with Crippen molar-refractivity contribution in [1.82, 2.24) is 10.0 Å². The fraction of sp³-hybridized carbons (Fsp3) is 0.611. The Hall–Kier alpha value is -1.15. The van der Waals surface area contributed by atoms with Gasteiger partial charge < -0.3 is 11.1 Å². The second kappa shape index (κ2) is 10.3. The van der Waals surface area contributed by atoms with E-state index in [0.29, 0.717) is 18.0 Å². The van der Waals surface area contributed by atoms with Crippen molar-refractivity contribution in [2.75, 3.05) is 6.54 Å². The van der Waals surface area contributed by atoms with Gasteiger partial charge in [0.2, 0.25) is 10.0 Å². The molecule has 6 nitrogen and oxygen atoms in total. The molecule has 1 saturated carbocycles. The molecule has 4 N–H and O–H groups in total. The molecule has 1 unspecified atom stereocenters. The van der Waals surface area contributed by atoms with Gasteiger partial charge in [-0.05, 0) is 56.9 Å². The maximum atomic E-state index is 12.5. The molecule has 1 atom stereocenters. The summed E-state index contributed by atoms with van der Waals surface area (Å²) in [5.41, 5.74) is 6.30. The lowest BCUT2D eigenvalue weighted by atomic mass is 9.84. The van der Waals surface area contributed by atoms with Gasteiger partial charge in [-0.1, -0.05) is 19.3 Å². The number of rotatable bonds is 7. The topological polar surface area (TPSA) is 101 Å². The van der Waals surface area contributed by atoms with Crippen LogP contribution in [0.1, 0.15) is 56.3 Å². The van der Waals surface area contributed by atoms with Crippen molar-refractivity contribution in [2.45, 2.75) is 62.9 Å². The monoisotopic (exact) mass is 403 g/mol. The summed E-state index contributed by atoms with van der Waals surface area (Å²) in [5, 5.41) is 3.01. The molecule has 0 aromatic heterocycles. The SMILES string of the molecule is CC(C)NS(=O)(=O)c1ccc(C(=O)NC(CN)C2CCCCC2)cc1.Cl. The van der Waals surface area contributed by atoms with Crippen molar-refractivity contribution in [3.8, 4) is 0 Å². The number of nitrogens with two attached hydrogens (primary N) is 1. The predicted octanol–water partition coefficient (Wildman–Crippen LogP) is 2.43. The number of nitrogens with one attached hydrogen (secondary N) is 2. The van der Waals surface area contributed by atoms with E-state index in [9.17, 15) is 13.2 Å². The molecule has 1 aliphatic rings. The molecule has 2 rings (SSSR count). The van der Waals surface area contributed by atoms with Gasteiger partial charge in [-0.25, -0.2) is 13.1 Å². The van der Waals surface area contributed by atoms with E-state index >= 15 is 0 Å². The fourth-order valence-electron chi connectivity index (χ4n) is 3.32. The maximum Gasteiger partial charge on any atom is 0.251 e. The summed E-state index contributed by atoms with van der Waals surface area (Å²) in [6, 6.07) is 5.78. The molecule has 8 heteroatoms. The van der Waals surface area contributed by atoms with E-state index in [2.05, 4.69) is 10.0 Å². The van der Waals surface area contributed by atoms with Crippen molar-refractivity contribution >= 4 is 28.3 Å². The van der Waals surface area contributed by atoms with E-state index in [1.54, 1.807) is 26.0 Å². The molecular weight excluding hydrogens is 374 g/mol. The molecule has 148 valence electrons. The number of hydrogen-bond donors (Lipinski definition) is 3. The molecule has 26 heavy (non-hydrogen) atoms. The molecule has 0 radical (unpaired) electrons. The maximum absolute atomic E-state index is 12.5. The van der Waals surface area contributed by atoms with Gasteiger partial charge in [0.25, 0.3) is 5.91 Å². The van der Waals surface area contributed by atoms with E-state index in [-0.39, 0.29) is 35.3 Å². The summed E-state index contributed by atoms with van der Waals surface area (Å²) < 4.78 is 26.8. The van der Waals surface area contributed by atoms with Gasteiger partial charge in [0, 0.05) is 24.2 Å². The zero-order valence-electron chi connectivity index (χ0n) is 15.4. The van der Waals surface area contributed by atoms with Crippen molar-refractivity contribution in [1.29, 1.82) is 0 Å². The Morgan fingerprint density at radius 3 is 2.23 bits per heavy atom. The lowest BCUT2D eigenvalue weighted by molar-refractivity contribution is 0.0915. The second-order valence-corrected chi connectivity index (χ2v) is 8.73. The molecule has 0 heterocycles. The minimum Gasteiger partial charge on any atom is -0.348 e. The Labute approximate surface area is 162 Å². The second-order valence-electron chi connectivity index (χ2n) is 7.01. The first-order valence-electron chi connectivity index (χ1n) is 8.97. The van der Waals surface area contributed by atoms with Gasteiger partial charge in [0.1, 0.15) is 0 Å². The third kappa shape index (κ3) is 6.23. The normalized spacial score (nSPS) is 16.8. The zero-order chi connectivity index (χ0) is 18.4. The molecule has 0 spiro atoms. The highest BCUT2D eigenvalue weighted by Gasteiger charge is 2.24. The number of sulfonamides is 1. The molecule has 0 bridgehead atoms. The molecule has 1 aromatic rings. The fourth-order valence-corrected chi connectivity index (χ4v) is 4.57. The highest BCUT2D eigenvalue weighted by molar-refractivity contribution is 7.89. The van der Waals surface area contributed by atoms with Crippen LogP contribution in [0.4, 0.5) is 0 Å². The van der Waals surface area contributed by atoms with Crippen molar-refractivity contribution in [3.05, 3.63) is 29.8 Å². The summed E-state index contributed by atoms with van der Waals surface area (Å²) in [5.74, 6) is 0.222. The quantitative estimate of drug-likeness (QED) is 0.650. The number of carbonyl (C=O) groups is 1. The van der Waals surface area contributed by atoms with Gasteiger partial charge in [0.15, 0.2) is 0 Å². The largest absolute Gasteiger partial charge is 0.348 e. The number of hydrogen-bond acceptors (Lipinski definition) is 4. The van der Waals surface area contributed by atoms with Crippen molar-refractivity contribution in [3.63, 3.8) is 0 Å².